The zero-order valence-corrected chi connectivity index (χ0v) is 14.5. The molecule has 5 nitrogen and oxygen atoms in total. The summed E-state index contributed by atoms with van der Waals surface area (Å²) in [5.41, 5.74) is 3.10. The fraction of sp³-hybridized carbons (Fsp3) is 0.158. The van der Waals surface area contributed by atoms with Gasteiger partial charge in [0, 0.05) is 34.8 Å². The summed E-state index contributed by atoms with van der Waals surface area (Å²) in [7, 11) is 0. The van der Waals surface area contributed by atoms with Crippen molar-refractivity contribution < 1.29 is 13.7 Å². The van der Waals surface area contributed by atoms with Gasteiger partial charge in [-0.05, 0) is 48.5 Å². The Morgan fingerprint density at radius 1 is 1.15 bits per heavy atom. The quantitative estimate of drug-likeness (QED) is 0.708. The average Bonchev–Trinajstić information content (AvgIpc) is 3.07. The number of aromatic nitrogens is 1. The molecule has 0 saturated heterocycles. The molecule has 0 unspecified atom stereocenters. The van der Waals surface area contributed by atoms with Crippen molar-refractivity contribution >= 4 is 23.3 Å². The van der Waals surface area contributed by atoms with Crippen LogP contribution in [-0.4, -0.2) is 22.6 Å². The molecule has 2 aromatic carbocycles. The third-order valence-electron chi connectivity index (χ3n) is 4.33. The summed E-state index contributed by atoms with van der Waals surface area (Å²) in [6.45, 7) is 0.923. The molecule has 3 aromatic rings. The maximum Gasteiger partial charge on any atom is 0.322 e. The Hall–Kier alpha value is -2.86. The summed E-state index contributed by atoms with van der Waals surface area (Å²) in [5.74, 6) is 0.259. The van der Waals surface area contributed by atoms with Crippen molar-refractivity contribution in [3.05, 3.63) is 70.6 Å². The van der Waals surface area contributed by atoms with E-state index >= 15 is 0 Å². The fourth-order valence-corrected chi connectivity index (χ4v) is 3.08. The van der Waals surface area contributed by atoms with Crippen LogP contribution in [0.4, 0.5) is 14.9 Å². The molecule has 1 aliphatic heterocycles. The number of nitrogens with zero attached hydrogens (tertiary/aromatic N) is 2. The lowest BCUT2D eigenvalue weighted by molar-refractivity contribution is 0.206. The van der Waals surface area contributed by atoms with Gasteiger partial charge in [0.05, 0.1) is 12.2 Å². The molecular formula is C19H15ClFN3O2. The molecule has 1 aromatic heterocycles. The van der Waals surface area contributed by atoms with E-state index in [4.69, 9.17) is 16.1 Å². The Morgan fingerprint density at radius 3 is 2.62 bits per heavy atom. The van der Waals surface area contributed by atoms with E-state index in [1.54, 1.807) is 41.3 Å². The highest BCUT2D eigenvalue weighted by Crippen LogP contribution is 2.30. The average molecular weight is 372 g/mol. The number of carbonyl (C=O) groups excluding carboxylic acids is 1. The van der Waals surface area contributed by atoms with Crippen molar-refractivity contribution in [3.63, 3.8) is 0 Å². The van der Waals surface area contributed by atoms with Crippen LogP contribution in [0.2, 0.25) is 5.02 Å². The van der Waals surface area contributed by atoms with E-state index in [0.29, 0.717) is 36.0 Å². The van der Waals surface area contributed by atoms with Gasteiger partial charge in [0.1, 0.15) is 5.82 Å². The van der Waals surface area contributed by atoms with E-state index in [9.17, 15) is 9.18 Å². The van der Waals surface area contributed by atoms with Crippen molar-refractivity contribution in [1.82, 2.24) is 10.1 Å². The topological polar surface area (TPSA) is 58.4 Å². The van der Waals surface area contributed by atoms with Gasteiger partial charge >= 0.3 is 6.03 Å². The van der Waals surface area contributed by atoms with Gasteiger partial charge in [0.25, 0.3) is 0 Å². The summed E-state index contributed by atoms with van der Waals surface area (Å²) in [4.78, 5) is 14.3. The minimum atomic E-state index is -0.314. The molecule has 0 spiro atoms. The molecule has 0 radical (unpaired) electrons. The predicted molar refractivity (Wildman–Crippen MR) is 96.5 cm³/mol. The molecule has 4 rings (SSSR count). The second-order valence-electron chi connectivity index (χ2n) is 6.05. The molecule has 1 N–H and O–H groups in total. The first-order valence-corrected chi connectivity index (χ1v) is 8.53. The number of nitrogens with one attached hydrogen (secondary N) is 1. The van der Waals surface area contributed by atoms with Crippen molar-refractivity contribution in [2.24, 2.45) is 0 Å². The van der Waals surface area contributed by atoms with Crippen LogP contribution in [0.5, 0.6) is 0 Å². The van der Waals surface area contributed by atoms with E-state index in [-0.39, 0.29) is 11.8 Å². The number of fused-ring (bicyclic) bond motifs is 1. The maximum absolute atomic E-state index is 13.2. The number of urea groups is 1. The minimum absolute atomic E-state index is 0.204. The van der Waals surface area contributed by atoms with Crippen LogP contribution in [0.15, 0.2) is 53.1 Å². The molecule has 7 heteroatoms. The molecule has 0 fully saturated rings. The Labute approximate surface area is 154 Å². The summed E-state index contributed by atoms with van der Waals surface area (Å²) in [6.07, 6.45) is 0.605. The molecule has 0 saturated carbocycles. The van der Waals surface area contributed by atoms with Crippen LogP contribution in [0.3, 0.4) is 0 Å². The van der Waals surface area contributed by atoms with Crippen LogP contribution < -0.4 is 5.32 Å². The monoisotopic (exact) mass is 371 g/mol. The number of carbonyl (C=O) groups is 1. The smallest absolute Gasteiger partial charge is 0.322 e. The Morgan fingerprint density at radius 2 is 1.88 bits per heavy atom. The summed E-state index contributed by atoms with van der Waals surface area (Å²) in [5, 5.41) is 7.57. The number of rotatable bonds is 2. The third-order valence-corrected chi connectivity index (χ3v) is 4.58. The number of halogens is 2. The van der Waals surface area contributed by atoms with E-state index < -0.39 is 0 Å². The van der Waals surface area contributed by atoms with Gasteiger partial charge in [-0.25, -0.2) is 9.18 Å². The van der Waals surface area contributed by atoms with Gasteiger partial charge in [0.15, 0.2) is 5.76 Å². The first-order chi connectivity index (χ1) is 12.6. The second kappa shape index (κ2) is 6.80. The fourth-order valence-electron chi connectivity index (χ4n) is 2.95. The highest BCUT2D eigenvalue weighted by Gasteiger charge is 2.27. The summed E-state index contributed by atoms with van der Waals surface area (Å²) < 4.78 is 18.6. The molecule has 0 atom stereocenters. The molecule has 0 aliphatic carbocycles. The van der Waals surface area contributed by atoms with E-state index in [2.05, 4.69) is 10.5 Å². The maximum atomic E-state index is 13.2. The van der Waals surface area contributed by atoms with Crippen LogP contribution in [0.1, 0.15) is 11.3 Å². The van der Waals surface area contributed by atoms with Crippen LogP contribution in [0.25, 0.3) is 11.3 Å². The standard InChI is InChI=1S/C19H15ClFN3O2/c20-13-3-7-15(8-4-13)22-19(25)24-10-9-17-16(11-24)18(26-23-17)12-1-5-14(21)6-2-12/h1-8H,9-11H2,(H,22,25). The van der Waals surface area contributed by atoms with Crippen molar-refractivity contribution in [2.45, 2.75) is 13.0 Å². The van der Waals surface area contributed by atoms with Gasteiger partial charge in [-0.15, -0.1) is 0 Å². The molecule has 132 valence electrons. The predicted octanol–water partition coefficient (Wildman–Crippen LogP) is 4.72. The van der Waals surface area contributed by atoms with Gasteiger partial charge < -0.3 is 14.7 Å². The van der Waals surface area contributed by atoms with Gasteiger partial charge in [-0.1, -0.05) is 16.8 Å². The number of hydrogen-bond donors (Lipinski definition) is 1. The minimum Gasteiger partial charge on any atom is -0.356 e. The molecule has 0 bridgehead atoms. The van der Waals surface area contributed by atoms with Gasteiger partial charge in [-0.2, -0.15) is 0 Å². The Kier molecular flexibility index (Phi) is 4.34. The lowest BCUT2D eigenvalue weighted by Crippen LogP contribution is -2.38. The van der Waals surface area contributed by atoms with Crippen LogP contribution >= 0.6 is 11.6 Å². The summed E-state index contributed by atoms with van der Waals surface area (Å²) >= 11 is 5.86. The van der Waals surface area contributed by atoms with E-state index in [1.807, 2.05) is 0 Å². The number of anilines is 1. The second-order valence-corrected chi connectivity index (χ2v) is 6.49. The Bertz CT molecular complexity index is 938. The molecule has 26 heavy (non-hydrogen) atoms. The van der Waals surface area contributed by atoms with E-state index in [1.165, 1.54) is 12.1 Å². The highest BCUT2D eigenvalue weighted by molar-refractivity contribution is 6.30. The first kappa shape index (κ1) is 16.6. The Balaban J connectivity index is 1.53. The number of benzene rings is 2. The third kappa shape index (κ3) is 3.28. The van der Waals surface area contributed by atoms with Gasteiger partial charge in [-0.3, -0.25) is 0 Å². The van der Waals surface area contributed by atoms with E-state index in [0.717, 1.165) is 16.8 Å². The van der Waals surface area contributed by atoms with Crippen LogP contribution in [-0.2, 0) is 13.0 Å². The van der Waals surface area contributed by atoms with Crippen molar-refractivity contribution in [2.75, 3.05) is 11.9 Å². The first-order valence-electron chi connectivity index (χ1n) is 8.15. The SMILES string of the molecule is O=C(Nc1ccc(Cl)cc1)N1CCc2noc(-c3ccc(F)cc3)c2C1. The molecule has 1 aliphatic rings. The number of amides is 2. The molecular weight excluding hydrogens is 357 g/mol. The zero-order valence-electron chi connectivity index (χ0n) is 13.7. The normalized spacial score (nSPS) is 13.4. The van der Waals surface area contributed by atoms with Gasteiger partial charge in [0.2, 0.25) is 0 Å². The number of hydrogen-bond acceptors (Lipinski definition) is 3. The largest absolute Gasteiger partial charge is 0.356 e. The van der Waals surface area contributed by atoms with Crippen molar-refractivity contribution in [3.8, 4) is 11.3 Å². The van der Waals surface area contributed by atoms with Crippen LogP contribution in [0, 0.1) is 5.82 Å². The summed E-state index contributed by atoms with van der Waals surface area (Å²) in [6, 6.07) is 12.8. The lowest BCUT2D eigenvalue weighted by Gasteiger charge is -2.26. The van der Waals surface area contributed by atoms with Crippen molar-refractivity contribution in [1.29, 1.82) is 0 Å². The zero-order chi connectivity index (χ0) is 18.1. The molecule has 2 amide bonds. The highest BCUT2D eigenvalue weighted by atomic mass is 35.5. The lowest BCUT2D eigenvalue weighted by atomic mass is 10.0. The molecule has 2 heterocycles.